The SMILES string of the molecule is Cc1ccc(OCNC(=O)N2c3ccccc3CC2C)cc1C. The number of hydrogen-bond donors (Lipinski definition) is 1. The largest absolute Gasteiger partial charge is 0.473 e. The summed E-state index contributed by atoms with van der Waals surface area (Å²) in [6.07, 6.45) is 0.890. The number of urea groups is 1. The van der Waals surface area contributed by atoms with Gasteiger partial charge in [-0.05, 0) is 62.1 Å². The van der Waals surface area contributed by atoms with Crippen LogP contribution in [0.2, 0.25) is 0 Å². The van der Waals surface area contributed by atoms with Gasteiger partial charge in [0.1, 0.15) is 5.75 Å². The van der Waals surface area contributed by atoms with Crippen LogP contribution in [0, 0.1) is 13.8 Å². The molecule has 0 fully saturated rings. The van der Waals surface area contributed by atoms with E-state index < -0.39 is 0 Å². The zero-order valence-corrected chi connectivity index (χ0v) is 13.8. The summed E-state index contributed by atoms with van der Waals surface area (Å²) in [6, 6.07) is 14.0. The van der Waals surface area contributed by atoms with Crippen molar-refractivity contribution < 1.29 is 9.53 Å². The van der Waals surface area contributed by atoms with Crippen LogP contribution in [0.5, 0.6) is 5.75 Å². The number of nitrogens with zero attached hydrogens (tertiary/aromatic N) is 1. The van der Waals surface area contributed by atoms with Crippen molar-refractivity contribution in [1.29, 1.82) is 0 Å². The Hall–Kier alpha value is -2.49. The summed E-state index contributed by atoms with van der Waals surface area (Å²) in [7, 11) is 0. The molecule has 0 radical (unpaired) electrons. The highest BCUT2D eigenvalue weighted by Crippen LogP contribution is 2.31. The highest BCUT2D eigenvalue weighted by Gasteiger charge is 2.30. The Bertz CT molecular complexity index is 727. The van der Waals surface area contributed by atoms with Crippen molar-refractivity contribution >= 4 is 11.7 Å². The number of carbonyl (C=O) groups excluding carboxylic acids is 1. The Morgan fingerprint density at radius 2 is 2.00 bits per heavy atom. The third-order valence-corrected chi connectivity index (χ3v) is 4.37. The minimum atomic E-state index is -0.119. The van der Waals surface area contributed by atoms with Gasteiger partial charge >= 0.3 is 6.03 Å². The lowest BCUT2D eigenvalue weighted by Crippen LogP contribution is -2.44. The summed E-state index contributed by atoms with van der Waals surface area (Å²) in [5.74, 6) is 0.767. The molecule has 0 saturated heterocycles. The first-order valence-corrected chi connectivity index (χ1v) is 7.91. The van der Waals surface area contributed by atoms with E-state index in [-0.39, 0.29) is 18.8 Å². The van der Waals surface area contributed by atoms with Gasteiger partial charge in [-0.1, -0.05) is 24.3 Å². The van der Waals surface area contributed by atoms with Gasteiger partial charge in [0, 0.05) is 11.7 Å². The van der Waals surface area contributed by atoms with E-state index in [4.69, 9.17) is 4.74 Å². The van der Waals surface area contributed by atoms with Gasteiger partial charge in [-0.3, -0.25) is 4.90 Å². The van der Waals surface area contributed by atoms with E-state index in [9.17, 15) is 4.79 Å². The molecule has 2 aromatic carbocycles. The van der Waals surface area contributed by atoms with Crippen molar-refractivity contribution in [2.24, 2.45) is 0 Å². The van der Waals surface area contributed by atoms with Crippen LogP contribution in [0.25, 0.3) is 0 Å². The summed E-state index contributed by atoms with van der Waals surface area (Å²) in [4.78, 5) is 14.3. The maximum atomic E-state index is 12.5. The fourth-order valence-corrected chi connectivity index (χ4v) is 2.95. The second-order valence-corrected chi connectivity index (χ2v) is 6.07. The molecule has 1 heterocycles. The first kappa shape index (κ1) is 15.4. The summed E-state index contributed by atoms with van der Waals surface area (Å²) < 4.78 is 5.64. The van der Waals surface area contributed by atoms with Crippen LogP contribution in [0.4, 0.5) is 10.5 Å². The van der Waals surface area contributed by atoms with E-state index in [0.29, 0.717) is 0 Å². The zero-order chi connectivity index (χ0) is 16.4. The Balaban J connectivity index is 1.60. The van der Waals surface area contributed by atoms with Crippen molar-refractivity contribution in [2.75, 3.05) is 11.6 Å². The molecule has 0 aliphatic carbocycles. The molecule has 0 saturated carbocycles. The third-order valence-electron chi connectivity index (χ3n) is 4.37. The summed E-state index contributed by atoms with van der Waals surface area (Å²) in [6.45, 7) is 6.33. The topological polar surface area (TPSA) is 41.6 Å². The first-order valence-electron chi connectivity index (χ1n) is 7.91. The summed E-state index contributed by atoms with van der Waals surface area (Å²) in [5, 5.41) is 2.84. The molecule has 1 N–H and O–H groups in total. The molecule has 4 nitrogen and oxygen atoms in total. The average Bonchev–Trinajstić information content (AvgIpc) is 2.86. The molecule has 1 atom stereocenters. The normalized spacial score (nSPS) is 16.1. The fourth-order valence-electron chi connectivity index (χ4n) is 2.95. The van der Waals surface area contributed by atoms with Crippen LogP contribution in [0.3, 0.4) is 0 Å². The van der Waals surface area contributed by atoms with Crippen LogP contribution in [-0.2, 0) is 6.42 Å². The third kappa shape index (κ3) is 3.16. The highest BCUT2D eigenvalue weighted by molar-refractivity contribution is 5.94. The molecule has 23 heavy (non-hydrogen) atoms. The number of nitrogens with one attached hydrogen (secondary N) is 1. The second kappa shape index (κ2) is 6.32. The molecule has 120 valence electrons. The van der Waals surface area contributed by atoms with Crippen molar-refractivity contribution in [2.45, 2.75) is 33.2 Å². The van der Waals surface area contributed by atoms with Crippen molar-refractivity contribution in [3.8, 4) is 5.75 Å². The minimum Gasteiger partial charge on any atom is -0.473 e. The van der Waals surface area contributed by atoms with Gasteiger partial charge in [0.15, 0.2) is 6.73 Å². The van der Waals surface area contributed by atoms with Gasteiger partial charge in [0.05, 0.1) is 0 Å². The number of anilines is 1. The number of benzene rings is 2. The van der Waals surface area contributed by atoms with E-state index in [1.165, 1.54) is 16.7 Å². The number of hydrogen-bond acceptors (Lipinski definition) is 2. The quantitative estimate of drug-likeness (QED) is 0.876. The molecule has 2 aromatic rings. The number of rotatable bonds is 3. The Morgan fingerprint density at radius 1 is 1.22 bits per heavy atom. The minimum absolute atomic E-state index is 0.119. The van der Waals surface area contributed by atoms with Crippen LogP contribution in [0.15, 0.2) is 42.5 Å². The van der Waals surface area contributed by atoms with Crippen LogP contribution >= 0.6 is 0 Å². The second-order valence-electron chi connectivity index (χ2n) is 6.07. The number of fused-ring (bicyclic) bond motifs is 1. The van der Waals surface area contributed by atoms with E-state index in [0.717, 1.165) is 17.9 Å². The lowest BCUT2D eigenvalue weighted by Gasteiger charge is -2.23. The number of carbonyl (C=O) groups is 1. The maximum absolute atomic E-state index is 12.5. The van der Waals surface area contributed by atoms with Crippen LogP contribution in [-0.4, -0.2) is 18.8 Å². The van der Waals surface area contributed by atoms with Gasteiger partial charge in [-0.25, -0.2) is 4.79 Å². The van der Waals surface area contributed by atoms with Crippen molar-refractivity contribution in [3.63, 3.8) is 0 Å². The number of amides is 2. The average molecular weight is 310 g/mol. The molecular formula is C19H22N2O2. The van der Waals surface area contributed by atoms with Gasteiger partial charge in [-0.15, -0.1) is 0 Å². The number of aryl methyl sites for hydroxylation is 2. The lowest BCUT2D eigenvalue weighted by molar-refractivity contribution is 0.228. The highest BCUT2D eigenvalue weighted by atomic mass is 16.5. The lowest BCUT2D eigenvalue weighted by atomic mass is 10.1. The molecule has 0 bridgehead atoms. The molecular weight excluding hydrogens is 288 g/mol. The Morgan fingerprint density at radius 3 is 2.78 bits per heavy atom. The van der Waals surface area contributed by atoms with Crippen molar-refractivity contribution in [1.82, 2.24) is 5.32 Å². The molecule has 0 spiro atoms. The van der Waals surface area contributed by atoms with Crippen molar-refractivity contribution in [3.05, 3.63) is 59.2 Å². The predicted molar refractivity (Wildman–Crippen MR) is 92.0 cm³/mol. The monoisotopic (exact) mass is 310 g/mol. The van der Waals surface area contributed by atoms with Crippen LogP contribution < -0.4 is 15.0 Å². The summed E-state index contributed by atoms with van der Waals surface area (Å²) in [5.41, 5.74) is 4.61. The number of para-hydroxylation sites is 1. The van der Waals surface area contributed by atoms with Gasteiger partial charge in [0.25, 0.3) is 0 Å². The van der Waals surface area contributed by atoms with E-state index in [2.05, 4.69) is 25.2 Å². The summed E-state index contributed by atoms with van der Waals surface area (Å²) >= 11 is 0. The van der Waals surface area contributed by atoms with E-state index >= 15 is 0 Å². The standard InChI is InChI=1S/C19H22N2O2/c1-13-8-9-17(10-14(13)2)23-12-20-19(22)21-15(3)11-16-6-4-5-7-18(16)21/h4-10,15H,11-12H2,1-3H3,(H,20,22). The first-order chi connectivity index (χ1) is 11.1. The molecule has 2 amide bonds. The van der Waals surface area contributed by atoms with Crippen LogP contribution in [0.1, 0.15) is 23.6 Å². The van der Waals surface area contributed by atoms with Gasteiger partial charge in [0.2, 0.25) is 0 Å². The smallest absolute Gasteiger partial charge is 0.324 e. The number of ether oxygens (including phenoxy) is 1. The molecule has 1 aliphatic heterocycles. The van der Waals surface area contributed by atoms with E-state index in [1.807, 2.05) is 43.3 Å². The fraction of sp³-hybridized carbons (Fsp3) is 0.316. The zero-order valence-electron chi connectivity index (χ0n) is 13.8. The maximum Gasteiger partial charge on any atom is 0.324 e. The Labute approximate surface area is 137 Å². The molecule has 1 unspecified atom stereocenters. The molecule has 1 aliphatic rings. The molecule has 3 rings (SSSR count). The molecule has 0 aromatic heterocycles. The molecule has 4 heteroatoms. The van der Waals surface area contributed by atoms with E-state index in [1.54, 1.807) is 4.90 Å². The van der Waals surface area contributed by atoms with Gasteiger partial charge in [-0.2, -0.15) is 0 Å². The Kier molecular flexibility index (Phi) is 4.24. The van der Waals surface area contributed by atoms with Gasteiger partial charge < -0.3 is 10.1 Å². The predicted octanol–water partition coefficient (Wildman–Crippen LogP) is 3.80.